The number of urea groups is 1. The van der Waals surface area contributed by atoms with E-state index in [9.17, 15) is 19.5 Å². The smallest absolute Gasteiger partial charge is 0.328 e. The Hall–Kier alpha value is -6.06. The molecule has 5 aliphatic rings. The van der Waals surface area contributed by atoms with E-state index >= 15 is 0 Å². The minimum Gasteiger partial charge on any atom is -0.507 e. The summed E-state index contributed by atoms with van der Waals surface area (Å²) in [5, 5.41) is 22.6. The molecule has 2 aromatic carbocycles. The molecule has 5 aromatic rings. The number of nitrogen functional groups attached to an aromatic ring is 1. The molecule has 6 heterocycles. The Labute approximate surface area is 373 Å². The van der Waals surface area contributed by atoms with Gasteiger partial charge in [0.1, 0.15) is 11.4 Å². The number of piperidine rings is 1. The van der Waals surface area contributed by atoms with Gasteiger partial charge < -0.3 is 29.9 Å². The summed E-state index contributed by atoms with van der Waals surface area (Å²) in [4.78, 5) is 51.6. The molecule has 3 aromatic heterocycles. The second kappa shape index (κ2) is 17.5. The maximum atomic E-state index is 13.9. The number of rotatable bonds is 10. The third kappa shape index (κ3) is 8.38. The standard InChI is InChI=1S/C49H58N10O5/c1-30-21-33(11-14-38(30)34-22-37(64-2)28-57(27-34)43-24-42(53-54-46(43)50)39-5-3-4-6-44(39)60)48(62)56-19-17-55(18-20-56)26-31-7-12-35(13-8-31)59-29-41(32-9-10-32)40-23-36(25-51-47(40)59)58-16-15-45(61)52-49(58)63/h3-6,11,14,21,23-25,29,31-32,34-35,37,60H,7-10,12-13,15-20,22,26-28H2,1-2H3,(H2,50,54)(H,52,61,63)/t31?,34-,35?,37+/m0/s1. The first-order valence-corrected chi connectivity index (χ1v) is 23.0. The summed E-state index contributed by atoms with van der Waals surface area (Å²) in [5.74, 6) is 1.62. The van der Waals surface area contributed by atoms with Crippen LogP contribution >= 0.6 is 0 Å². The molecule has 4 N–H and O–H groups in total. The molecule has 2 aliphatic carbocycles. The number of anilines is 3. The van der Waals surface area contributed by atoms with E-state index in [2.05, 4.69) is 55.1 Å². The van der Waals surface area contributed by atoms with Gasteiger partial charge in [0.05, 0.1) is 29.4 Å². The van der Waals surface area contributed by atoms with Gasteiger partial charge >= 0.3 is 6.03 Å². The highest BCUT2D eigenvalue weighted by molar-refractivity contribution is 6.06. The van der Waals surface area contributed by atoms with Gasteiger partial charge in [-0.1, -0.05) is 18.2 Å². The number of fused-ring (bicyclic) bond motifs is 1. The van der Waals surface area contributed by atoms with Crippen LogP contribution in [0.1, 0.15) is 96.3 Å². The van der Waals surface area contributed by atoms with Gasteiger partial charge in [0.25, 0.3) is 5.91 Å². The third-order valence-electron chi connectivity index (χ3n) is 14.5. The van der Waals surface area contributed by atoms with Crippen LogP contribution < -0.4 is 20.9 Å². The molecule has 0 spiro atoms. The molecule has 5 fully saturated rings. The highest BCUT2D eigenvalue weighted by Gasteiger charge is 2.34. The molecule has 64 heavy (non-hydrogen) atoms. The van der Waals surface area contributed by atoms with Gasteiger partial charge in [0.15, 0.2) is 5.82 Å². The van der Waals surface area contributed by atoms with Crippen molar-refractivity contribution in [2.24, 2.45) is 5.92 Å². The Balaban J connectivity index is 0.738. The Kier molecular flexibility index (Phi) is 11.5. The maximum absolute atomic E-state index is 13.9. The SMILES string of the molecule is CO[C@@H]1C[C@H](c2ccc(C(=O)N3CCN(CC4CCC(n5cc(C6CC6)c6cc(N7CCC(=O)NC7=O)cnc65)CC4)CC3)cc2C)CN(c2cc(-c3ccccc3O)nnc2N)C1. The number of benzene rings is 2. The van der Waals surface area contributed by atoms with Crippen molar-refractivity contribution in [3.8, 4) is 17.0 Å². The Morgan fingerprint density at radius 2 is 1.70 bits per heavy atom. The fourth-order valence-corrected chi connectivity index (χ4v) is 10.8. The molecule has 15 nitrogen and oxygen atoms in total. The average molecular weight is 867 g/mol. The zero-order valence-electron chi connectivity index (χ0n) is 36.8. The topological polar surface area (TPSA) is 175 Å². The Morgan fingerprint density at radius 1 is 0.906 bits per heavy atom. The predicted molar refractivity (Wildman–Crippen MR) is 246 cm³/mol. The number of ether oxygens (including phenoxy) is 1. The summed E-state index contributed by atoms with van der Waals surface area (Å²) < 4.78 is 8.34. The van der Waals surface area contributed by atoms with Crippen LogP contribution in [0.5, 0.6) is 5.75 Å². The first-order valence-electron chi connectivity index (χ1n) is 23.0. The summed E-state index contributed by atoms with van der Waals surface area (Å²) in [6.07, 6.45) is 12.1. The molecular weight excluding hydrogens is 809 g/mol. The van der Waals surface area contributed by atoms with E-state index in [4.69, 9.17) is 15.5 Å². The molecule has 4 amide bonds. The number of carbonyl (C=O) groups excluding carboxylic acids is 3. The summed E-state index contributed by atoms with van der Waals surface area (Å²) in [6, 6.07) is 17.2. The number of nitrogens with zero attached hydrogens (tertiary/aromatic N) is 8. The monoisotopic (exact) mass is 866 g/mol. The van der Waals surface area contributed by atoms with Gasteiger partial charge in [-0.15, -0.1) is 10.2 Å². The van der Waals surface area contributed by atoms with Crippen molar-refractivity contribution in [3.05, 3.63) is 89.2 Å². The number of piperazine rings is 1. The highest BCUT2D eigenvalue weighted by atomic mass is 16.5. The predicted octanol–water partition coefficient (Wildman–Crippen LogP) is 6.61. The zero-order chi connectivity index (χ0) is 44.1. The summed E-state index contributed by atoms with van der Waals surface area (Å²) in [5.41, 5.74) is 14.4. The lowest BCUT2D eigenvalue weighted by atomic mass is 9.85. The van der Waals surface area contributed by atoms with E-state index in [-0.39, 0.29) is 35.6 Å². The molecular formula is C49H58N10O5. The lowest BCUT2D eigenvalue weighted by Crippen LogP contribution is -2.50. The molecule has 3 saturated heterocycles. The van der Waals surface area contributed by atoms with E-state index < -0.39 is 0 Å². The molecule has 10 rings (SSSR count). The van der Waals surface area contributed by atoms with Crippen molar-refractivity contribution < 1.29 is 24.2 Å². The van der Waals surface area contributed by atoms with Crippen molar-refractivity contribution >= 4 is 46.1 Å². The van der Waals surface area contributed by atoms with Crippen LogP contribution in [-0.2, 0) is 9.53 Å². The third-order valence-corrected chi connectivity index (χ3v) is 14.5. The number of methoxy groups -OCH3 is 1. The van der Waals surface area contributed by atoms with Gasteiger partial charge in [-0.2, -0.15) is 0 Å². The number of imide groups is 1. The Morgan fingerprint density at radius 3 is 2.44 bits per heavy atom. The number of aryl methyl sites for hydroxylation is 1. The number of amides is 4. The minimum atomic E-state index is -0.378. The van der Waals surface area contributed by atoms with Crippen LogP contribution in [0.25, 0.3) is 22.3 Å². The lowest BCUT2D eigenvalue weighted by Gasteiger charge is -2.39. The van der Waals surface area contributed by atoms with Crippen LogP contribution in [0, 0.1) is 12.8 Å². The first kappa shape index (κ1) is 41.9. The van der Waals surface area contributed by atoms with Crippen molar-refractivity contribution in [2.45, 2.75) is 82.3 Å². The lowest BCUT2D eigenvalue weighted by molar-refractivity contribution is -0.120. The van der Waals surface area contributed by atoms with Crippen LogP contribution in [0.2, 0.25) is 0 Å². The number of pyridine rings is 1. The van der Waals surface area contributed by atoms with Crippen molar-refractivity contribution in [1.82, 2.24) is 34.9 Å². The van der Waals surface area contributed by atoms with Gasteiger partial charge in [0.2, 0.25) is 5.91 Å². The second-order valence-electron chi connectivity index (χ2n) is 18.6. The number of hydrogen-bond acceptors (Lipinski definition) is 11. The number of hydrogen-bond donors (Lipinski definition) is 3. The summed E-state index contributed by atoms with van der Waals surface area (Å²) >= 11 is 0. The molecule has 2 atom stereocenters. The first-order chi connectivity index (χ1) is 31.1. The number of phenols is 1. The van der Waals surface area contributed by atoms with E-state index in [1.807, 2.05) is 35.2 Å². The number of aromatic hydroxyl groups is 1. The molecule has 2 saturated carbocycles. The fraction of sp³-hybridized carbons (Fsp3) is 0.469. The van der Waals surface area contributed by atoms with E-state index in [0.717, 1.165) is 85.3 Å². The van der Waals surface area contributed by atoms with Gasteiger partial charge in [-0.25, -0.2) is 9.78 Å². The minimum absolute atomic E-state index is 0.0356. The molecule has 15 heteroatoms. The number of phenolic OH excluding ortho intramolecular Hbond substituents is 1. The fourth-order valence-electron chi connectivity index (χ4n) is 10.8. The number of carbonyl (C=O) groups is 3. The van der Waals surface area contributed by atoms with Gasteiger partial charge in [-0.3, -0.25) is 24.7 Å². The number of nitrogens with one attached hydrogen (secondary N) is 1. The largest absolute Gasteiger partial charge is 0.507 e. The van der Waals surface area contributed by atoms with Crippen molar-refractivity contribution in [1.29, 1.82) is 0 Å². The molecule has 0 unspecified atom stereocenters. The number of nitrogens with two attached hydrogens (primary N) is 1. The number of aromatic nitrogens is 4. The van der Waals surface area contributed by atoms with Crippen molar-refractivity contribution in [3.63, 3.8) is 0 Å². The number of para-hydroxylation sites is 1. The maximum Gasteiger partial charge on any atom is 0.328 e. The van der Waals surface area contributed by atoms with Crippen LogP contribution in [-0.4, -0.2) is 118 Å². The van der Waals surface area contributed by atoms with E-state index in [0.29, 0.717) is 74.1 Å². The molecule has 334 valence electrons. The molecule has 0 radical (unpaired) electrons. The summed E-state index contributed by atoms with van der Waals surface area (Å²) in [7, 11) is 1.74. The van der Waals surface area contributed by atoms with E-state index in [1.54, 1.807) is 30.3 Å². The second-order valence-corrected chi connectivity index (χ2v) is 18.6. The Bertz CT molecular complexity index is 2580. The summed E-state index contributed by atoms with van der Waals surface area (Å²) in [6.45, 7) is 8.05. The van der Waals surface area contributed by atoms with Crippen LogP contribution in [0.3, 0.4) is 0 Å². The molecule has 3 aliphatic heterocycles. The average Bonchev–Trinajstić information content (AvgIpc) is 4.09. The normalized spacial score (nSPS) is 23.4. The van der Waals surface area contributed by atoms with Crippen LogP contribution in [0.4, 0.5) is 22.0 Å². The molecule has 0 bridgehead atoms. The van der Waals surface area contributed by atoms with E-state index in [1.165, 1.54) is 24.0 Å². The zero-order valence-corrected chi connectivity index (χ0v) is 36.8. The van der Waals surface area contributed by atoms with Crippen molar-refractivity contribution in [2.75, 3.05) is 75.0 Å². The van der Waals surface area contributed by atoms with Gasteiger partial charge in [0, 0.05) is 101 Å². The quantitative estimate of drug-likeness (QED) is 0.138. The van der Waals surface area contributed by atoms with Gasteiger partial charge in [-0.05, 0) is 117 Å². The highest BCUT2D eigenvalue weighted by Crippen LogP contribution is 2.46. The van der Waals surface area contributed by atoms with Crippen LogP contribution in [0.15, 0.2) is 67.0 Å².